The van der Waals surface area contributed by atoms with E-state index in [1.807, 2.05) is 18.6 Å². The number of aliphatic hydroxyl groups excluding tert-OH is 1. The minimum Gasteiger partial charge on any atom is -0.493 e. The highest BCUT2D eigenvalue weighted by molar-refractivity contribution is 5.42. The molecule has 3 rings (SSSR count). The molecule has 20 heavy (non-hydrogen) atoms. The van der Waals surface area contributed by atoms with Crippen LogP contribution in [0.3, 0.4) is 0 Å². The second-order valence-corrected chi connectivity index (χ2v) is 4.96. The molecule has 1 saturated carbocycles. The van der Waals surface area contributed by atoms with Gasteiger partial charge in [-0.05, 0) is 30.5 Å². The third-order valence-corrected chi connectivity index (χ3v) is 3.47. The number of methoxy groups -OCH3 is 1. The summed E-state index contributed by atoms with van der Waals surface area (Å²) in [5.74, 6) is 1.31. The SMILES string of the molecule is COc1ccc(CO)cc1OCc1cncn1C1CC1. The fraction of sp³-hybridized carbons (Fsp3) is 0.400. The van der Waals surface area contributed by atoms with Gasteiger partial charge in [0.05, 0.1) is 31.9 Å². The van der Waals surface area contributed by atoms with Gasteiger partial charge in [0.2, 0.25) is 0 Å². The van der Waals surface area contributed by atoms with Crippen LogP contribution in [0.1, 0.15) is 30.1 Å². The van der Waals surface area contributed by atoms with Crippen molar-refractivity contribution in [2.45, 2.75) is 32.1 Å². The predicted octanol–water partition coefficient (Wildman–Crippen LogP) is 2.30. The van der Waals surface area contributed by atoms with Gasteiger partial charge in [-0.25, -0.2) is 4.98 Å². The predicted molar refractivity (Wildman–Crippen MR) is 73.7 cm³/mol. The van der Waals surface area contributed by atoms with E-state index in [9.17, 15) is 5.11 Å². The molecule has 0 amide bonds. The van der Waals surface area contributed by atoms with Crippen molar-refractivity contribution < 1.29 is 14.6 Å². The maximum Gasteiger partial charge on any atom is 0.162 e. The Balaban J connectivity index is 1.75. The fourth-order valence-electron chi connectivity index (χ4n) is 2.21. The Labute approximate surface area is 117 Å². The lowest BCUT2D eigenvalue weighted by Gasteiger charge is -2.12. The van der Waals surface area contributed by atoms with Gasteiger partial charge in [-0.1, -0.05) is 6.07 Å². The van der Waals surface area contributed by atoms with Gasteiger partial charge in [-0.15, -0.1) is 0 Å². The number of hydrogen-bond donors (Lipinski definition) is 1. The second-order valence-electron chi connectivity index (χ2n) is 4.96. The molecule has 0 saturated heterocycles. The van der Waals surface area contributed by atoms with Gasteiger partial charge in [0.25, 0.3) is 0 Å². The van der Waals surface area contributed by atoms with Crippen LogP contribution in [0.25, 0.3) is 0 Å². The molecule has 1 aromatic carbocycles. The van der Waals surface area contributed by atoms with Crippen LogP contribution in [0.4, 0.5) is 0 Å². The van der Waals surface area contributed by atoms with Crippen LogP contribution < -0.4 is 9.47 Å². The zero-order valence-electron chi connectivity index (χ0n) is 11.5. The molecule has 0 aliphatic heterocycles. The van der Waals surface area contributed by atoms with Crippen LogP contribution in [0.5, 0.6) is 11.5 Å². The smallest absolute Gasteiger partial charge is 0.162 e. The molecular formula is C15H18N2O3. The van der Waals surface area contributed by atoms with Gasteiger partial charge < -0.3 is 19.1 Å². The number of imidazole rings is 1. The van der Waals surface area contributed by atoms with E-state index in [2.05, 4.69) is 9.55 Å². The molecule has 0 spiro atoms. The number of nitrogens with zero attached hydrogens (tertiary/aromatic N) is 2. The Bertz CT molecular complexity index is 591. The minimum atomic E-state index is -0.0135. The van der Waals surface area contributed by atoms with E-state index in [0.29, 0.717) is 24.1 Å². The lowest BCUT2D eigenvalue weighted by atomic mass is 10.2. The Morgan fingerprint density at radius 1 is 1.35 bits per heavy atom. The molecule has 0 unspecified atom stereocenters. The Morgan fingerprint density at radius 3 is 2.90 bits per heavy atom. The molecule has 0 atom stereocenters. The van der Waals surface area contributed by atoms with Crippen LogP contribution in [-0.2, 0) is 13.2 Å². The van der Waals surface area contributed by atoms with Crippen LogP contribution in [0, 0.1) is 0 Å². The first kappa shape index (κ1) is 13.0. The van der Waals surface area contributed by atoms with Crippen molar-refractivity contribution in [3.05, 3.63) is 42.0 Å². The Hall–Kier alpha value is -2.01. The largest absolute Gasteiger partial charge is 0.493 e. The molecule has 0 bridgehead atoms. The van der Waals surface area contributed by atoms with E-state index in [1.165, 1.54) is 12.8 Å². The van der Waals surface area contributed by atoms with E-state index in [4.69, 9.17) is 9.47 Å². The van der Waals surface area contributed by atoms with Crippen molar-refractivity contribution in [1.82, 2.24) is 9.55 Å². The van der Waals surface area contributed by atoms with Gasteiger partial charge in [0.1, 0.15) is 6.61 Å². The minimum absolute atomic E-state index is 0.0135. The molecule has 1 aliphatic rings. The normalized spacial score (nSPS) is 14.3. The quantitative estimate of drug-likeness (QED) is 0.878. The molecule has 1 aromatic heterocycles. The van der Waals surface area contributed by atoms with Crippen molar-refractivity contribution in [3.63, 3.8) is 0 Å². The van der Waals surface area contributed by atoms with Gasteiger partial charge >= 0.3 is 0 Å². The summed E-state index contributed by atoms with van der Waals surface area (Å²) < 4.78 is 13.3. The lowest BCUT2D eigenvalue weighted by Crippen LogP contribution is -2.04. The standard InChI is InChI=1S/C15H18N2O3/c1-19-14-5-2-11(8-18)6-15(14)20-9-13-7-16-10-17(13)12-3-4-12/h2,5-7,10,12,18H,3-4,8-9H2,1H3. The fourth-order valence-corrected chi connectivity index (χ4v) is 2.21. The number of aromatic nitrogens is 2. The first-order valence-corrected chi connectivity index (χ1v) is 6.73. The summed E-state index contributed by atoms with van der Waals surface area (Å²) in [6.45, 7) is 0.433. The average molecular weight is 274 g/mol. The van der Waals surface area contributed by atoms with E-state index >= 15 is 0 Å². The zero-order chi connectivity index (χ0) is 13.9. The van der Waals surface area contributed by atoms with Crippen molar-refractivity contribution in [1.29, 1.82) is 0 Å². The topological polar surface area (TPSA) is 56.5 Å². The molecule has 5 nitrogen and oxygen atoms in total. The van der Waals surface area contributed by atoms with Gasteiger partial charge in [-0.2, -0.15) is 0 Å². The van der Waals surface area contributed by atoms with E-state index in [-0.39, 0.29) is 6.61 Å². The first-order valence-electron chi connectivity index (χ1n) is 6.73. The number of ether oxygens (including phenoxy) is 2. The molecule has 2 aromatic rings. The molecule has 106 valence electrons. The third kappa shape index (κ3) is 2.63. The van der Waals surface area contributed by atoms with Crippen molar-refractivity contribution >= 4 is 0 Å². The van der Waals surface area contributed by atoms with Crippen LogP contribution in [0.15, 0.2) is 30.7 Å². The maximum atomic E-state index is 9.19. The van der Waals surface area contributed by atoms with Gasteiger partial charge in [0.15, 0.2) is 11.5 Å². The molecular weight excluding hydrogens is 256 g/mol. The van der Waals surface area contributed by atoms with Crippen LogP contribution >= 0.6 is 0 Å². The van der Waals surface area contributed by atoms with Crippen LogP contribution in [-0.4, -0.2) is 21.8 Å². The number of benzene rings is 1. The van der Waals surface area contributed by atoms with Crippen molar-refractivity contribution in [3.8, 4) is 11.5 Å². The van der Waals surface area contributed by atoms with Crippen LogP contribution in [0.2, 0.25) is 0 Å². The molecule has 0 radical (unpaired) electrons. The van der Waals surface area contributed by atoms with Gasteiger partial charge in [0, 0.05) is 6.04 Å². The summed E-state index contributed by atoms with van der Waals surface area (Å²) in [5.41, 5.74) is 1.86. The highest BCUT2D eigenvalue weighted by Gasteiger charge is 2.25. The number of aliphatic hydroxyl groups is 1. The third-order valence-electron chi connectivity index (χ3n) is 3.47. The van der Waals surface area contributed by atoms with Crippen molar-refractivity contribution in [2.75, 3.05) is 7.11 Å². The summed E-state index contributed by atoms with van der Waals surface area (Å²) in [6.07, 6.45) is 6.12. The Kier molecular flexibility index (Phi) is 3.60. The van der Waals surface area contributed by atoms with E-state index in [1.54, 1.807) is 19.2 Å². The Morgan fingerprint density at radius 2 is 2.20 bits per heavy atom. The monoisotopic (exact) mass is 274 g/mol. The zero-order valence-corrected chi connectivity index (χ0v) is 11.5. The second kappa shape index (κ2) is 5.54. The first-order chi connectivity index (χ1) is 9.81. The average Bonchev–Trinajstić information content (AvgIpc) is 3.23. The lowest BCUT2D eigenvalue weighted by molar-refractivity contribution is 0.267. The summed E-state index contributed by atoms with van der Waals surface area (Å²) in [4.78, 5) is 4.18. The van der Waals surface area contributed by atoms with Gasteiger partial charge in [-0.3, -0.25) is 0 Å². The number of hydrogen-bond acceptors (Lipinski definition) is 4. The summed E-state index contributed by atoms with van der Waals surface area (Å²) in [5, 5.41) is 9.19. The molecule has 5 heteroatoms. The molecule has 1 fully saturated rings. The maximum absolute atomic E-state index is 9.19. The summed E-state index contributed by atoms with van der Waals surface area (Å²) >= 11 is 0. The highest BCUT2D eigenvalue weighted by Crippen LogP contribution is 2.36. The molecule has 1 aliphatic carbocycles. The van der Waals surface area contributed by atoms with E-state index in [0.717, 1.165) is 11.3 Å². The highest BCUT2D eigenvalue weighted by atomic mass is 16.5. The summed E-state index contributed by atoms with van der Waals surface area (Å²) in [7, 11) is 1.61. The molecule has 1 heterocycles. The van der Waals surface area contributed by atoms with E-state index < -0.39 is 0 Å². The van der Waals surface area contributed by atoms with Crippen molar-refractivity contribution in [2.24, 2.45) is 0 Å². The number of rotatable bonds is 6. The molecule has 1 N–H and O–H groups in total. The summed E-state index contributed by atoms with van der Waals surface area (Å²) in [6, 6.07) is 6.01.